The van der Waals surface area contributed by atoms with E-state index < -0.39 is 6.18 Å². The van der Waals surface area contributed by atoms with Crippen LogP contribution in [0.15, 0.2) is 48.5 Å². The lowest BCUT2D eigenvalue weighted by Gasteiger charge is -1.89. The molecule has 0 fully saturated rings. The van der Waals surface area contributed by atoms with Gasteiger partial charge in [0.05, 0.1) is 0 Å². The van der Waals surface area contributed by atoms with Crippen LogP contribution in [0, 0.1) is 13.8 Å². The summed E-state index contributed by atoms with van der Waals surface area (Å²) in [6, 6.07) is 14.2. The lowest BCUT2D eigenvalue weighted by Crippen LogP contribution is -1.95. The van der Waals surface area contributed by atoms with E-state index in [2.05, 4.69) is 0 Å². The first-order valence-electron chi connectivity index (χ1n) is 6.16. The highest BCUT2D eigenvalue weighted by Crippen LogP contribution is 2.10. The molecule has 0 aromatic heterocycles. The maximum Gasteiger partial charge on any atom is 0.386 e. The normalized spacial score (nSPS) is 9.81. The molecule has 0 heterocycles. The van der Waals surface area contributed by atoms with Crippen molar-refractivity contribution in [3.8, 4) is 11.5 Å². The standard InChI is InChI=1S/2C7H8O.C2H3F3/c2*1-6-2-4-7(8)5-3-6;1-2(3,4)5/h2*2-5,8H,1H3;1H3. The maximum atomic E-state index is 10.4. The van der Waals surface area contributed by atoms with Crippen molar-refractivity contribution in [3.05, 3.63) is 59.7 Å². The predicted octanol–water partition coefficient (Wildman–Crippen LogP) is 4.97. The van der Waals surface area contributed by atoms with E-state index in [9.17, 15) is 13.2 Å². The Labute approximate surface area is 122 Å². The van der Waals surface area contributed by atoms with E-state index in [-0.39, 0.29) is 6.92 Å². The van der Waals surface area contributed by atoms with Gasteiger partial charge in [0, 0.05) is 6.92 Å². The number of hydrogen-bond acceptors (Lipinski definition) is 2. The molecule has 0 saturated carbocycles. The minimum atomic E-state index is -4.00. The molecule has 2 aromatic carbocycles. The largest absolute Gasteiger partial charge is 0.508 e. The molecule has 2 N–H and O–H groups in total. The van der Waals surface area contributed by atoms with Crippen LogP contribution in [-0.2, 0) is 0 Å². The van der Waals surface area contributed by atoms with E-state index in [1.54, 1.807) is 24.3 Å². The molecule has 0 radical (unpaired) electrons. The average molecular weight is 300 g/mol. The third-order valence-electron chi connectivity index (χ3n) is 2.07. The van der Waals surface area contributed by atoms with Crippen LogP contribution in [-0.4, -0.2) is 16.4 Å². The van der Waals surface area contributed by atoms with Crippen LogP contribution in [0.5, 0.6) is 11.5 Å². The summed E-state index contributed by atoms with van der Waals surface area (Å²) < 4.78 is 31.1. The number of phenols is 2. The zero-order valence-corrected chi connectivity index (χ0v) is 12.1. The zero-order chi connectivity index (χ0) is 16.5. The second-order valence-corrected chi connectivity index (χ2v) is 4.45. The first-order chi connectivity index (χ1) is 9.58. The van der Waals surface area contributed by atoms with Gasteiger partial charge in [-0.05, 0) is 38.1 Å². The summed E-state index contributed by atoms with van der Waals surface area (Å²) in [6.07, 6.45) is -4.00. The molecule has 2 aromatic rings. The Morgan fingerprint density at radius 2 is 0.857 bits per heavy atom. The van der Waals surface area contributed by atoms with E-state index in [4.69, 9.17) is 10.2 Å². The summed E-state index contributed by atoms with van der Waals surface area (Å²) >= 11 is 0. The first-order valence-corrected chi connectivity index (χ1v) is 6.16. The summed E-state index contributed by atoms with van der Waals surface area (Å²) in [7, 11) is 0. The highest BCUT2D eigenvalue weighted by atomic mass is 19.4. The summed E-state index contributed by atoms with van der Waals surface area (Å²) in [5.41, 5.74) is 2.34. The summed E-state index contributed by atoms with van der Waals surface area (Å²) in [4.78, 5) is 0. The fraction of sp³-hybridized carbons (Fsp3) is 0.250. The van der Waals surface area contributed by atoms with Gasteiger partial charge < -0.3 is 10.2 Å². The molecule has 116 valence electrons. The molecule has 0 aliphatic rings. The van der Waals surface area contributed by atoms with Gasteiger partial charge in [-0.15, -0.1) is 0 Å². The number of hydrogen-bond donors (Lipinski definition) is 2. The topological polar surface area (TPSA) is 40.5 Å². The predicted molar refractivity (Wildman–Crippen MR) is 77.4 cm³/mol. The number of halogens is 3. The molecule has 0 unspecified atom stereocenters. The Balaban J connectivity index is 0.000000296. The van der Waals surface area contributed by atoms with Gasteiger partial charge in [0.1, 0.15) is 11.5 Å². The molecule has 21 heavy (non-hydrogen) atoms. The number of aromatic hydroxyl groups is 2. The molecule has 2 nitrogen and oxygen atoms in total. The fourth-order valence-electron chi connectivity index (χ4n) is 1.09. The third kappa shape index (κ3) is 14.1. The molecule has 5 heteroatoms. The average Bonchev–Trinajstić information content (AvgIpc) is 2.35. The van der Waals surface area contributed by atoms with E-state index in [1.807, 2.05) is 38.1 Å². The fourth-order valence-corrected chi connectivity index (χ4v) is 1.09. The van der Waals surface area contributed by atoms with Gasteiger partial charge in [-0.3, -0.25) is 0 Å². The number of aryl methyl sites for hydroxylation is 2. The summed E-state index contributed by atoms with van der Waals surface area (Å²) in [5.74, 6) is 0.659. The molecule has 0 aliphatic heterocycles. The van der Waals surface area contributed by atoms with Crippen LogP contribution < -0.4 is 0 Å². The van der Waals surface area contributed by atoms with E-state index >= 15 is 0 Å². The summed E-state index contributed by atoms with van der Waals surface area (Å²) in [6.45, 7) is 4.16. The Hall–Kier alpha value is -2.17. The molecule has 0 saturated heterocycles. The molecular formula is C16H19F3O2. The summed E-state index contributed by atoms with van der Waals surface area (Å²) in [5, 5.41) is 17.5. The van der Waals surface area contributed by atoms with Gasteiger partial charge in [-0.2, -0.15) is 13.2 Å². The van der Waals surface area contributed by atoms with Gasteiger partial charge in [0.2, 0.25) is 0 Å². The van der Waals surface area contributed by atoms with Gasteiger partial charge in [-0.1, -0.05) is 35.4 Å². The SMILES string of the molecule is CC(F)(F)F.Cc1ccc(O)cc1.Cc1ccc(O)cc1. The molecule has 0 atom stereocenters. The molecule has 0 amide bonds. The molecule has 0 aliphatic carbocycles. The van der Waals surface area contributed by atoms with Crippen molar-refractivity contribution in [1.82, 2.24) is 0 Å². The number of phenolic OH excluding ortho intramolecular Hbond substituents is 2. The van der Waals surface area contributed by atoms with Gasteiger partial charge in [-0.25, -0.2) is 0 Å². The second-order valence-electron chi connectivity index (χ2n) is 4.45. The Bertz CT molecular complexity index is 411. The maximum absolute atomic E-state index is 10.4. The number of rotatable bonds is 0. The number of benzene rings is 2. The Morgan fingerprint density at radius 1 is 0.667 bits per heavy atom. The van der Waals surface area contributed by atoms with Gasteiger partial charge in [0.25, 0.3) is 0 Å². The van der Waals surface area contributed by atoms with E-state index in [0.717, 1.165) is 0 Å². The monoisotopic (exact) mass is 300 g/mol. The minimum Gasteiger partial charge on any atom is -0.508 e. The minimum absolute atomic E-state index is 0.188. The van der Waals surface area contributed by atoms with Crippen LogP contribution in [0.2, 0.25) is 0 Å². The Morgan fingerprint density at radius 3 is 1.00 bits per heavy atom. The highest BCUT2D eigenvalue weighted by molar-refractivity contribution is 5.25. The lowest BCUT2D eigenvalue weighted by molar-refractivity contribution is -0.110. The lowest BCUT2D eigenvalue weighted by atomic mass is 10.2. The molecular weight excluding hydrogens is 281 g/mol. The molecule has 0 bridgehead atoms. The van der Waals surface area contributed by atoms with Gasteiger partial charge >= 0.3 is 6.18 Å². The number of alkyl halides is 3. The van der Waals surface area contributed by atoms with Crippen molar-refractivity contribution in [2.24, 2.45) is 0 Å². The molecule has 2 rings (SSSR count). The molecule has 0 spiro atoms. The van der Waals surface area contributed by atoms with Gasteiger partial charge in [0.15, 0.2) is 0 Å². The zero-order valence-electron chi connectivity index (χ0n) is 12.1. The van der Waals surface area contributed by atoms with Crippen molar-refractivity contribution in [1.29, 1.82) is 0 Å². The van der Waals surface area contributed by atoms with Crippen molar-refractivity contribution in [3.63, 3.8) is 0 Å². The van der Waals surface area contributed by atoms with Crippen molar-refractivity contribution in [2.45, 2.75) is 26.9 Å². The van der Waals surface area contributed by atoms with Crippen LogP contribution in [0.1, 0.15) is 18.1 Å². The Kier molecular flexibility index (Phi) is 7.97. The van der Waals surface area contributed by atoms with Crippen LogP contribution in [0.25, 0.3) is 0 Å². The quantitative estimate of drug-likeness (QED) is 0.721. The second kappa shape index (κ2) is 8.89. The van der Waals surface area contributed by atoms with Crippen LogP contribution in [0.3, 0.4) is 0 Å². The van der Waals surface area contributed by atoms with Crippen molar-refractivity contribution < 1.29 is 23.4 Å². The highest BCUT2D eigenvalue weighted by Gasteiger charge is 2.15. The van der Waals surface area contributed by atoms with Crippen molar-refractivity contribution in [2.75, 3.05) is 0 Å². The first kappa shape index (κ1) is 18.8. The third-order valence-corrected chi connectivity index (χ3v) is 2.07. The van der Waals surface area contributed by atoms with E-state index in [1.165, 1.54) is 11.1 Å². The van der Waals surface area contributed by atoms with Crippen LogP contribution in [0.4, 0.5) is 13.2 Å². The van der Waals surface area contributed by atoms with Crippen molar-refractivity contribution >= 4 is 0 Å². The smallest absolute Gasteiger partial charge is 0.386 e. The van der Waals surface area contributed by atoms with Crippen LogP contribution >= 0.6 is 0 Å². The van der Waals surface area contributed by atoms with E-state index in [0.29, 0.717) is 11.5 Å².